The van der Waals surface area contributed by atoms with Crippen molar-refractivity contribution in [3.63, 3.8) is 0 Å². The van der Waals surface area contributed by atoms with Gasteiger partial charge in [0.2, 0.25) is 0 Å². The van der Waals surface area contributed by atoms with Crippen molar-refractivity contribution in [2.75, 3.05) is 19.6 Å². The molecule has 1 aliphatic carbocycles. The molecule has 3 nitrogen and oxygen atoms in total. The number of fused-ring (bicyclic) bond motifs is 1. The molecular formula is C19H25ClFN3. The highest BCUT2D eigenvalue weighted by atomic mass is 35.5. The molecular weight excluding hydrogens is 325 g/mol. The number of nitrogens with one attached hydrogen (secondary N) is 1. The van der Waals surface area contributed by atoms with E-state index >= 15 is 0 Å². The van der Waals surface area contributed by atoms with E-state index in [2.05, 4.69) is 15.2 Å². The predicted octanol–water partition coefficient (Wildman–Crippen LogP) is 3.76. The van der Waals surface area contributed by atoms with Crippen molar-refractivity contribution in [3.05, 3.63) is 41.8 Å². The molecule has 0 radical (unpaired) electrons. The summed E-state index contributed by atoms with van der Waals surface area (Å²) in [6.45, 7) is 4.14. The fourth-order valence-corrected chi connectivity index (χ4v) is 3.54. The Balaban J connectivity index is 0.00000169. The predicted molar refractivity (Wildman–Crippen MR) is 98.0 cm³/mol. The van der Waals surface area contributed by atoms with Gasteiger partial charge in [-0.3, -0.25) is 9.88 Å². The van der Waals surface area contributed by atoms with E-state index in [1.807, 2.05) is 12.1 Å². The first-order chi connectivity index (χ1) is 11.3. The Morgan fingerprint density at radius 2 is 1.96 bits per heavy atom. The van der Waals surface area contributed by atoms with Crippen molar-refractivity contribution in [3.8, 4) is 0 Å². The molecule has 0 spiro atoms. The number of rotatable bonds is 5. The Morgan fingerprint density at radius 3 is 2.71 bits per heavy atom. The Morgan fingerprint density at radius 1 is 1.17 bits per heavy atom. The van der Waals surface area contributed by atoms with Gasteiger partial charge in [-0.1, -0.05) is 6.07 Å². The van der Waals surface area contributed by atoms with Gasteiger partial charge in [0.15, 0.2) is 0 Å². The van der Waals surface area contributed by atoms with Crippen molar-refractivity contribution in [2.45, 2.75) is 38.3 Å². The number of benzene rings is 1. The monoisotopic (exact) mass is 349 g/mol. The minimum absolute atomic E-state index is 0. The second kappa shape index (κ2) is 7.77. The van der Waals surface area contributed by atoms with Gasteiger partial charge in [-0.2, -0.15) is 0 Å². The van der Waals surface area contributed by atoms with Crippen molar-refractivity contribution >= 4 is 23.3 Å². The van der Waals surface area contributed by atoms with Crippen molar-refractivity contribution in [1.82, 2.24) is 15.2 Å². The quantitative estimate of drug-likeness (QED) is 0.890. The number of hydrogen-bond donors (Lipinski definition) is 1. The van der Waals surface area contributed by atoms with Gasteiger partial charge in [-0.25, -0.2) is 4.39 Å². The van der Waals surface area contributed by atoms with Gasteiger partial charge in [0.05, 0.1) is 5.52 Å². The van der Waals surface area contributed by atoms with Gasteiger partial charge in [-0.05, 0) is 75.0 Å². The van der Waals surface area contributed by atoms with E-state index < -0.39 is 0 Å². The lowest BCUT2D eigenvalue weighted by molar-refractivity contribution is 0.190. The largest absolute Gasteiger partial charge is 0.314 e. The summed E-state index contributed by atoms with van der Waals surface area (Å²) in [4.78, 5) is 6.88. The van der Waals surface area contributed by atoms with Crippen LogP contribution in [-0.2, 0) is 6.54 Å². The number of pyridine rings is 1. The Labute approximate surface area is 149 Å². The number of nitrogens with zero attached hydrogens (tertiary/aromatic N) is 2. The first kappa shape index (κ1) is 17.6. The van der Waals surface area contributed by atoms with Crippen LogP contribution in [0.25, 0.3) is 10.9 Å². The summed E-state index contributed by atoms with van der Waals surface area (Å²) in [5.74, 6) is 0.777. The van der Waals surface area contributed by atoms with Crippen molar-refractivity contribution in [2.24, 2.45) is 5.92 Å². The molecule has 1 saturated heterocycles. The molecule has 1 aromatic heterocycles. The minimum atomic E-state index is -0.165. The van der Waals surface area contributed by atoms with Crippen LogP contribution in [0.2, 0.25) is 0 Å². The van der Waals surface area contributed by atoms with Crippen LogP contribution < -0.4 is 5.32 Å². The maximum absolute atomic E-state index is 13.8. The summed E-state index contributed by atoms with van der Waals surface area (Å²) in [6, 6.07) is 7.67. The maximum Gasteiger partial charge on any atom is 0.124 e. The highest BCUT2D eigenvalue weighted by Crippen LogP contribution is 2.28. The third-order valence-electron chi connectivity index (χ3n) is 5.12. The van der Waals surface area contributed by atoms with E-state index in [0.29, 0.717) is 6.04 Å². The summed E-state index contributed by atoms with van der Waals surface area (Å²) in [5.41, 5.74) is 1.94. The van der Waals surface area contributed by atoms with E-state index in [-0.39, 0.29) is 18.2 Å². The van der Waals surface area contributed by atoms with E-state index in [9.17, 15) is 4.39 Å². The van der Waals surface area contributed by atoms with Gasteiger partial charge in [0.25, 0.3) is 0 Å². The third kappa shape index (κ3) is 4.24. The average Bonchev–Trinajstić information content (AvgIpc) is 3.38. The van der Waals surface area contributed by atoms with Crippen molar-refractivity contribution < 1.29 is 4.39 Å². The molecule has 0 bridgehead atoms. The highest BCUT2D eigenvalue weighted by molar-refractivity contribution is 5.85. The third-order valence-corrected chi connectivity index (χ3v) is 5.12. The standard InChI is InChI=1S/C19H24FN3.ClH/c20-17-10-15-2-1-7-21-19(15)16(11-17)13-23-8-5-18(6-9-23)22-12-14-3-4-14;/h1-2,7,10-11,14,18,22H,3-6,8-9,12-13H2;1H. The van der Waals surface area contributed by atoms with Crippen LogP contribution in [0.5, 0.6) is 0 Å². The van der Waals surface area contributed by atoms with Crippen LogP contribution in [-0.4, -0.2) is 35.6 Å². The highest BCUT2D eigenvalue weighted by Gasteiger charge is 2.24. The zero-order valence-electron chi connectivity index (χ0n) is 13.9. The van der Waals surface area contributed by atoms with Crippen LogP contribution >= 0.6 is 12.4 Å². The van der Waals surface area contributed by atoms with Gasteiger partial charge < -0.3 is 5.32 Å². The fourth-order valence-electron chi connectivity index (χ4n) is 3.54. The Bertz CT molecular complexity index is 681. The topological polar surface area (TPSA) is 28.2 Å². The smallest absolute Gasteiger partial charge is 0.124 e. The van der Waals surface area contributed by atoms with E-state index in [1.165, 1.54) is 32.2 Å². The molecule has 1 N–H and O–H groups in total. The SMILES string of the molecule is Cl.Fc1cc(CN2CCC(NCC3CC3)CC2)c2ncccc2c1. The van der Waals surface area contributed by atoms with Crippen LogP contribution in [0, 0.1) is 11.7 Å². The maximum atomic E-state index is 13.8. The Kier molecular flexibility index (Phi) is 5.69. The van der Waals surface area contributed by atoms with Gasteiger partial charge in [-0.15, -0.1) is 12.4 Å². The van der Waals surface area contributed by atoms with E-state index in [1.54, 1.807) is 18.3 Å². The molecule has 5 heteroatoms. The summed E-state index contributed by atoms with van der Waals surface area (Å²) < 4.78 is 13.8. The molecule has 2 fully saturated rings. The number of likely N-dealkylation sites (tertiary alicyclic amines) is 1. The summed E-state index contributed by atoms with van der Waals surface area (Å²) in [7, 11) is 0. The molecule has 0 amide bonds. The fraction of sp³-hybridized carbons (Fsp3) is 0.526. The number of hydrogen-bond acceptors (Lipinski definition) is 3. The summed E-state index contributed by atoms with van der Waals surface area (Å²) in [6.07, 6.45) is 6.98. The molecule has 1 saturated carbocycles. The molecule has 24 heavy (non-hydrogen) atoms. The van der Waals surface area contributed by atoms with Crippen LogP contribution in [0.15, 0.2) is 30.5 Å². The average molecular weight is 350 g/mol. The van der Waals surface area contributed by atoms with Crippen LogP contribution in [0.4, 0.5) is 4.39 Å². The second-order valence-electron chi connectivity index (χ2n) is 7.04. The number of halogens is 2. The van der Waals surface area contributed by atoms with Crippen LogP contribution in [0.1, 0.15) is 31.2 Å². The van der Waals surface area contributed by atoms with E-state index in [0.717, 1.165) is 42.0 Å². The molecule has 0 atom stereocenters. The van der Waals surface area contributed by atoms with E-state index in [4.69, 9.17) is 0 Å². The summed E-state index contributed by atoms with van der Waals surface area (Å²) >= 11 is 0. The second-order valence-corrected chi connectivity index (χ2v) is 7.04. The van der Waals surface area contributed by atoms with Gasteiger partial charge in [0, 0.05) is 24.2 Å². The molecule has 2 aliphatic rings. The van der Waals surface area contributed by atoms with Gasteiger partial charge >= 0.3 is 0 Å². The molecule has 4 rings (SSSR count). The Hall–Kier alpha value is -1.23. The molecule has 130 valence electrons. The molecule has 1 aliphatic heterocycles. The van der Waals surface area contributed by atoms with Crippen LogP contribution in [0.3, 0.4) is 0 Å². The van der Waals surface area contributed by atoms with Gasteiger partial charge in [0.1, 0.15) is 5.82 Å². The lowest BCUT2D eigenvalue weighted by atomic mass is 10.0. The molecule has 2 heterocycles. The first-order valence-corrected chi connectivity index (χ1v) is 8.77. The minimum Gasteiger partial charge on any atom is -0.314 e. The number of aromatic nitrogens is 1. The molecule has 1 aromatic carbocycles. The summed E-state index contributed by atoms with van der Waals surface area (Å²) in [5, 5.41) is 4.60. The lowest BCUT2D eigenvalue weighted by Gasteiger charge is -2.32. The normalized spacial score (nSPS) is 19.4. The molecule has 2 aromatic rings. The molecule has 0 unspecified atom stereocenters. The zero-order valence-corrected chi connectivity index (χ0v) is 14.7. The number of piperidine rings is 1. The zero-order chi connectivity index (χ0) is 15.6. The first-order valence-electron chi connectivity index (χ1n) is 8.77. The lowest BCUT2D eigenvalue weighted by Crippen LogP contribution is -2.42. The van der Waals surface area contributed by atoms with Crippen molar-refractivity contribution in [1.29, 1.82) is 0 Å².